The van der Waals surface area contributed by atoms with Gasteiger partial charge in [0.1, 0.15) is 5.75 Å². The van der Waals surface area contributed by atoms with Gasteiger partial charge in [-0.1, -0.05) is 18.2 Å². The normalized spacial score (nSPS) is 15.5. The second-order valence-corrected chi connectivity index (χ2v) is 5.77. The van der Waals surface area contributed by atoms with Crippen LogP contribution in [0.15, 0.2) is 48.1 Å². The largest absolute Gasteiger partial charge is 0.497 e. The summed E-state index contributed by atoms with van der Waals surface area (Å²) in [5, 5.41) is 3.45. The molecule has 1 aliphatic carbocycles. The van der Waals surface area contributed by atoms with Gasteiger partial charge in [-0.3, -0.25) is 9.59 Å². The molecule has 0 spiro atoms. The molecule has 1 N–H and O–H groups in total. The van der Waals surface area contributed by atoms with Crippen LogP contribution >= 0.6 is 0 Å². The summed E-state index contributed by atoms with van der Waals surface area (Å²) < 4.78 is 5.15. The fraction of sp³-hybridized carbons (Fsp3) is 0.368. The number of rotatable bonds is 8. The van der Waals surface area contributed by atoms with Crippen molar-refractivity contribution in [2.75, 3.05) is 13.7 Å². The van der Waals surface area contributed by atoms with Crippen molar-refractivity contribution in [3.63, 3.8) is 0 Å². The second kappa shape index (κ2) is 8.44. The lowest BCUT2D eigenvalue weighted by atomic mass is 10.0. The molecule has 4 nitrogen and oxygen atoms in total. The number of benzene rings is 1. The van der Waals surface area contributed by atoms with Gasteiger partial charge >= 0.3 is 0 Å². The highest BCUT2D eigenvalue weighted by atomic mass is 16.5. The zero-order valence-corrected chi connectivity index (χ0v) is 13.7. The molecule has 0 bridgehead atoms. The Kier molecular flexibility index (Phi) is 6.29. The van der Waals surface area contributed by atoms with E-state index >= 15 is 0 Å². The van der Waals surface area contributed by atoms with Crippen LogP contribution in [0.3, 0.4) is 0 Å². The quantitative estimate of drug-likeness (QED) is 0.592. The van der Waals surface area contributed by atoms with Crippen LogP contribution in [0.2, 0.25) is 0 Å². The van der Waals surface area contributed by atoms with Crippen molar-refractivity contribution < 1.29 is 14.3 Å². The summed E-state index contributed by atoms with van der Waals surface area (Å²) >= 11 is 0. The smallest absolute Gasteiger partial charge is 0.225 e. The minimum absolute atomic E-state index is 0.391. The van der Waals surface area contributed by atoms with Crippen LogP contribution in [-0.2, 0) is 16.0 Å². The van der Waals surface area contributed by atoms with Crippen molar-refractivity contribution in [2.24, 2.45) is 0 Å². The van der Waals surface area contributed by atoms with Crippen LogP contribution in [0.5, 0.6) is 5.75 Å². The van der Waals surface area contributed by atoms with Crippen LogP contribution in [0, 0.1) is 0 Å². The van der Waals surface area contributed by atoms with Crippen LogP contribution in [0.1, 0.15) is 25.3 Å². The number of allylic oxidation sites excluding steroid dienone is 3. The maximum absolute atomic E-state index is 11.3. The fourth-order valence-corrected chi connectivity index (χ4v) is 2.45. The molecule has 23 heavy (non-hydrogen) atoms. The molecule has 1 aromatic rings. The number of ether oxygens (including phenoxy) is 1. The Morgan fingerprint density at radius 3 is 2.43 bits per heavy atom. The third kappa shape index (κ3) is 5.49. The minimum Gasteiger partial charge on any atom is -0.497 e. The second-order valence-electron chi connectivity index (χ2n) is 5.77. The number of aryl methyl sites for hydroxylation is 1. The summed E-state index contributed by atoms with van der Waals surface area (Å²) in [5.74, 6) is 0.0198. The maximum Gasteiger partial charge on any atom is 0.225 e. The molecule has 0 amide bonds. The van der Waals surface area contributed by atoms with E-state index in [1.54, 1.807) is 13.2 Å². The van der Waals surface area contributed by atoms with Gasteiger partial charge in [-0.25, -0.2) is 0 Å². The Morgan fingerprint density at radius 2 is 1.78 bits per heavy atom. The van der Waals surface area contributed by atoms with Crippen LogP contribution in [-0.4, -0.2) is 31.3 Å². The zero-order valence-electron chi connectivity index (χ0n) is 13.7. The monoisotopic (exact) mass is 313 g/mol. The molecule has 2 rings (SSSR count). The Balaban J connectivity index is 1.68. The summed E-state index contributed by atoms with van der Waals surface area (Å²) in [7, 11) is 1.67. The Morgan fingerprint density at radius 1 is 1.04 bits per heavy atom. The number of carbonyl (C=O) groups is 2. The molecule has 0 saturated carbocycles. The topological polar surface area (TPSA) is 55.4 Å². The van der Waals surface area contributed by atoms with Gasteiger partial charge in [0.05, 0.1) is 7.11 Å². The summed E-state index contributed by atoms with van der Waals surface area (Å²) in [6, 6.07) is 8.53. The van der Waals surface area contributed by atoms with Crippen molar-refractivity contribution in [1.29, 1.82) is 0 Å². The lowest BCUT2D eigenvalue weighted by molar-refractivity contribution is -0.131. The molecular weight excluding hydrogens is 290 g/mol. The third-order valence-corrected chi connectivity index (χ3v) is 3.94. The fourth-order valence-electron chi connectivity index (χ4n) is 2.45. The van der Waals surface area contributed by atoms with E-state index in [4.69, 9.17) is 4.74 Å². The van der Waals surface area contributed by atoms with E-state index in [9.17, 15) is 9.59 Å². The molecule has 122 valence electrons. The summed E-state index contributed by atoms with van der Waals surface area (Å²) in [4.78, 5) is 22.4. The molecule has 1 unspecified atom stereocenters. The number of carbonyl (C=O) groups excluding carboxylic acids is 2. The summed E-state index contributed by atoms with van der Waals surface area (Å²) in [5.41, 5.74) is 2.20. The first-order valence-electron chi connectivity index (χ1n) is 7.91. The van der Waals surface area contributed by atoms with E-state index in [2.05, 4.69) is 24.4 Å². The van der Waals surface area contributed by atoms with Crippen molar-refractivity contribution in [3.8, 4) is 5.75 Å². The van der Waals surface area contributed by atoms with Gasteiger partial charge in [-0.15, -0.1) is 0 Å². The van der Waals surface area contributed by atoms with Crippen molar-refractivity contribution in [2.45, 2.75) is 32.2 Å². The zero-order chi connectivity index (χ0) is 16.7. The highest BCUT2D eigenvalue weighted by molar-refractivity contribution is 6.46. The third-order valence-electron chi connectivity index (χ3n) is 3.94. The van der Waals surface area contributed by atoms with E-state index in [0.29, 0.717) is 6.04 Å². The van der Waals surface area contributed by atoms with Crippen molar-refractivity contribution >= 4 is 11.6 Å². The number of hydrogen-bond acceptors (Lipinski definition) is 4. The van der Waals surface area contributed by atoms with Crippen molar-refractivity contribution in [1.82, 2.24) is 5.32 Å². The number of methoxy groups -OCH3 is 1. The van der Waals surface area contributed by atoms with E-state index < -0.39 is 11.6 Å². The van der Waals surface area contributed by atoms with Crippen LogP contribution in [0.25, 0.3) is 0 Å². The predicted molar refractivity (Wildman–Crippen MR) is 90.6 cm³/mol. The number of hydrogen-bond donors (Lipinski definition) is 1. The van der Waals surface area contributed by atoms with E-state index in [1.165, 1.54) is 17.7 Å². The van der Waals surface area contributed by atoms with Gasteiger partial charge in [0.15, 0.2) is 0 Å². The Bertz CT molecular complexity index is 614. The van der Waals surface area contributed by atoms with Gasteiger partial charge in [0, 0.05) is 6.04 Å². The first kappa shape index (κ1) is 17.2. The summed E-state index contributed by atoms with van der Waals surface area (Å²) in [6.07, 6.45) is 7.32. The average molecular weight is 313 g/mol. The summed E-state index contributed by atoms with van der Waals surface area (Å²) in [6.45, 7) is 2.95. The molecule has 0 aromatic heterocycles. The highest BCUT2D eigenvalue weighted by Crippen LogP contribution is 2.13. The Hall–Kier alpha value is -2.20. The van der Waals surface area contributed by atoms with Gasteiger partial charge in [0.2, 0.25) is 11.6 Å². The van der Waals surface area contributed by atoms with Gasteiger partial charge in [-0.2, -0.15) is 0 Å². The molecule has 0 aliphatic heterocycles. The van der Waals surface area contributed by atoms with E-state index in [-0.39, 0.29) is 0 Å². The SMILES string of the molecule is COc1ccc(CCC(C)NCCC2=CC(=O)C(=O)C=C2)cc1. The lowest BCUT2D eigenvalue weighted by Crippen LogP contribution is -2.28. The van der Waals surface area contributed by atoms with Crippen LogP contribution < -0.4 is 10.1 Å². The number of ketones is 2. The molecule has 0 fully saturated rings. The molecular formula is C19H23NO3. The molecule has 0 saturated heterocycles. The molecule has 0 radical (unpaired) electrons. The van der Waals surface area contributed by atoms with Crippen LogP contribution in [0.4, 0.5) is 0 Å². The van der Waals surface area contributed by atoms with E-state index in [1.807, 2.05) is 12.1 Å². The standard InChI is InChI=1S/C19H23NO3/c1-14(3-4-15-5-8-17(23-2)9-6-15)20-12-11-16-7-10-18(21)19(22)13-16/h5-10,13-14,20H,3-4,11-12H2,1-2H3. The molecule has 4 heteroatoms. The average Bonchev–Trinajstić information content (AvgIpc) is 2.56. The van der Waals surface area contributed by atoms with E-state index in [0.717, 1.165) is 37.1 Å². The van der Waals surface area contributed by atoms with Gasteiger partial charge < -0.3 is 10.1 Å². The Labute approximate surface area is 137 Å². The first-order valence-corrected chi connectivity index (χ1v) is 7.91. The molecule has 1 atom stereocenters. The molecule has 1 aliphatic rings. The molecule has 0 heterocycles. The maximum atomic E-state index is 11.3. The van der Waals surface area contributed by atoms with Gasteiger partial charge in [-0.05, 0) is 68.2 Å². The minimum atomic E-state index is -0.436. The highest BCUT2D eigenvalue weighted by Gasteiger charge is 2.13. The first-order chi connectivity index (χ1) is 11.1. The molecule has 1 aromatic carbocycles. The number of nitrogens with one attached hydrogen (secondary N) is 1. The van der Waals surface area contributed by atoms with Gasteiger partial charge in [0.25, 0.3) is 0 Å². The lowest BCUT2D eigenvalue weighted by Gasteiger charge is -2.14. The predicted octanol–water partition coefficient (Wildman–Crippen LogP) is 2.63. The van der Waals surface area contributed by atoms with Crippen molar-refractivity contribution in [3.05, 3.63) is 53.6 Å².